The molecule has 7 heteroatoms. The molecule has 2 N–H and O–H groups in total. The van der Waals surface area contributed by atoms with Crippen molar-refractivity contribution < 1.29 is 0 Å². The molecule has 2 aromatic heterocycles. The van der Waals surface area contributed by atoms with Crippen molar-refractivity contribution in [2.24, 2.45) is 0 Å². The number of aromatic nitrogens is 4. The zero-order valence-electron chi connectivity index (χ0n) is 8.17. The van der Waals surface area contributed by atoms with Gasteiger partial charge in [-0.3, -0.25) is 4.98 Å². The van der Waals surface area contributed by atoms with Crippen LogP contribution in [0.4, 0.5) is 5.82 Å². The molecule has 5 nitrogen and oxygen atoms in total. The van der Waals surface area contributed by atoms with E-state index < -0.39 is 0 Å². The largest absolute Gasteiger partial charge is 0.381 e. The van der Waals surface area contributed by atoms with Crippen molar-refractivity contribution >= 4 is 29.2 Å². The van der Waals surface area contributed by atoms with Gasteiger partial charge in [0.25, 0.3) is 0 Å². The first-order valence-corrected chi connectivity index (χ1v) is 5.78. The van der Waals surface area contributed by atoms with Crippen LogP contribution in [0.1, 0.15) is 5.69 Å². The summed E-state index contributed by atoms with van der Waals surface area (Å²) in [6.45, 7) is 0. The smallest absolute Gasteiger partial charge is 0.156 e. The van der Waals surface area contributed by atoms with Gasteiger partial charge in [-0.2, -0.15) is 0 Å². The summed E-state index contributed by atoms with van der Waals surface area (Å²) in [6.07, 6.45) is 6.30. The highest BCUT2D eigenvalue weighted by Crippen LogP contribution is 2.23. The third-order valence-corrected chi connectivity index (χ3v) is 2.95. The van der Waals surface area contributed by atoms with Crippen LogP contribution in [-0.4, -0.2) is 19.9 Å². The van der Waals surface area contributed by atoms with Crippen molar-refractivity contribution in [3.8, 4) is 0 Å². The average molecular weight is 254 g/mol. The number of halogens is 1. The first-order chi connectivity index (χ1) is 7.75. The Hall–Kier alpha value is -1.40. The molecule has 82 valence electrons. The van der Waals surface area contributed by atoms with Crippen molar-refractivity contribution in [3.05, 3.63) is 35.6 Å². The predicted molar refractivity (Wildman–Crippen MR) is 63.0 cm³/mol. The Balaban J connectivity index is 2.02. The van der Waals surface area contributed by atoms with Crippen molar-refractivity contribution in [3.63, 3.8) is 0 Å². The third kappa shape index (κ3) is 2.80. The third-order valence-electron chi connectivity index (χ3n) is 1.72. The van der Waals surface area contributed by atoms with Crippen molar-refractivity contribution in [2.45, 2.75) is 10.8 Å². The number of hydrogen-bond donors (Lipinski definition) is 1. The van der Waals surface area contributed by atoms with Crippen LogP contribution in [0.25, 0.3) is 0 Å². The van der Waals surface area contributed by atoms with Crippen LogP contribution in [0.3, 0.4) is 0 Å². The Morgan fingerprint density at radius 2 is 1.94 bits per heavy atom. The van der Waals surface area contributed by atoms with E-state index in [1.54, 1.807) is 18.6 Å². The number of nitrogen functional groups attached to an aromatic ring is 1. The number of hydrogen-bond acceptors (Lipinski definition) is 6. The predicted octanol–water partition coefficient (Wildman–Crippen LogP) is 1.79. The first-order valence-electron chi connectivity index (χ1n) is 4.41. The zero-order valence-corrected chi connectivity index (χ0v) is 9.74. The molecule has 0 saturated carbocycles. The topological polar surface area (TPSA) is 77.6 Å². The van der Waals surface area contributed by atoms with Crippen LogP contribution in [-0.2, 0) is 5.75 Å². The molecule has 2 aromatic rings. The van der Waals surface area contributed by atoms with Crippen LogP contribution >= 0.6 is 23.4 Å². The fourth-order valence-electron chi connectivity index (χ4n) is 1.00. The van der Waals surface area contributed by atoms with Gasteiger partial charge in [0, 0.05) is 18.1 Å². The van der Waals surface area contributed by atoms with Gasteiger partial charge < -0.3 is 5.73 Å². The molecule has 16 heavy (non-hydrogen) atoms. The molecule has 0 unspecified atom stereocenters. The van der Waals surface area contributed by atoms with Crippen molar-refractivity contribution in [2.75, 3.05) is 5.73 Å². The lowest BCUT2D eigenvalue weighted by Gasteiger charge is -2.02. The average Bonchev–Trinajstić information content (AvgIpc) is 2.30. The highest BCUT2D eigenvalue weighted by Gasteiger charge is 2.03. The van der Waals surface area contributed by atoms with Gasteiger partial charge in [-0.05, 0) is 0 Å². The van der Waals surface area contributed by atoms with E-state index in [9.17, 15) is 0 Å². The monoisotopic (exact) mass is 253 g/mol. The van der Waals surface area contributed by atoms with Gasteiger partial charge in [-0.15, -0.1) is 0 Å². The Morgan fingerprint density at radius 1 is 1.12 bits per heavy atom. The molecule has 2 rings (SSSR count). The lowest BCUT2D eigenvalue weighted by Crippen LogP contribution is -1.95. The Bertz CT molecular complexity index is 476. The molecule has 0 fully saturated rings. The molecule has 2 heterocycles. The molecule has 0 atom stereocenters. The Morgan fingerprint density at radius 3 is 2.62 bits per heavy atom. The molecule has 0 aliphatic carbocycles. The second kappa shape index (κ2) is 5.09. The van der Waals surface area contributed by atoms with Gasteiger partial charge in [0.15, 0.2) is 5.82 Å². The standard InChI is InChI=1S/C9H8ClN5S/c10-7-4-14-6(3-15-7)5-16-9-8(11)12-1-2-13-9/h1-4H,5H2,(H2,11,12). The summed E-state index contributed by atoms with van der Waals surface area (Å²) in [5, 5.41) is 1.08. The van der Waals surface area contributed by atoms with Crippen molar-refractivity contribution in [1.29, 1.82) is 0 Å². The summed E-state index contributed by atoms with van der Waals surface area (Å²) in [6, 6.07) is 0. The Kier molecular flexibility index (Phi) is 3.53. The molecular formula is C9H8ClN5S. The van der Waals surface area contributed by atoms with Gasteiger partial charge in [0.1, 0.15) is 10.2 Å². The molecule has 0 bridgehead atoms. The maximum absolute atomic E-state index is 5.66. The maximum atomic E-state index is 5.66. The molecule has 0 aliphatic heterocycles. The maximum Gasteiger partial charge on any atom is 0.156 e. The highest BCUT2D eigenvalue weighted by molar-refractivity contribution is 7.98. The minimum Gasteiger partial charge on any atom is -0.381 e. The SMILES string of the molecule is Nc1nccnc1SCc1cnc(Cl)cn1. The molecule has 0 amide bonds. The summed E-state index contributed by atoms with van der Waals surface area (Å²) in [5.41, 5.74) is 6.48. The van der Waals surface area contributed by atoms with Crippen LogP contribution < -0.4 is 5.73 Å². The lowest BCUT2D eigenvalue weighted by molar-refractivity contribution is 1.06. The fraction of sp³-hybridized carbons (Fsp3) is 0.111. The summed E-state index contributed by atoms with van der Waals surface area (Å²) in [5.74, 6) is 1.06. The molecule has 0 radical (unpaired) electrons. The quantitative estimate of drug-likeness (QED) is 0.841. The minimum atomic E-state index is 0.382. The molecule has 0 saturated heterocycles. The summed E-state index contributed by atoms with van der Waals surface area (Å²) < 4.78 is 0. The van der Waals surface area contributed by atoms with E-state index >= 15 is 0 Å². The van der Waals surface area contributed by atoms with Crippen LogP contribution in [0, 0.1) is 0 Å². The number of nitrogens with two attached hydrogens (primary N) is 1. The van der Waals surface area contributed by atoms with Crippen LogP contribution in [0.2, 0.25) is 5.15 Å². The van der Waals surface area contributed by atoms with E-state index in [0.717, 1.165) is 5.69 Å². The molecule has 0 aromatic carbocycles. The van der Waals surface area contributed by atoms with Crippen LogP contribution in [0.15, 0.2) is 29.8 Å². The van der Waals surface area contributed by atoms with Crippen molar-refractivity contribution in [1.82, 2.24) is 19.9 Å². The molecule has 0 spiro atoms. The number of thioether (sulfide) groups is 1. The number of nitrogens with zero attached hydrogens (tertiary/aromatic N) is 4. The van der Waals surface area contributed by atoms with E-state index in [2.05, 4.69) is 19.9 Å². The number of anilines is 1. The van der Waals surface area contributed by atoms with E-state index in [0.29, 0.717) is 21.7 Å². The van der Waals surface area contributed by atoms with Gasteiger partial charge in [0.2, 0.25) is 0 Å². The highest BCUT2D eigenvalue weighted by atomic mass is 35.5. The van der Waals surface area contributed by atoms with Gasteiger partial charge >= 0.3 is 0 Å². The summed E-state index contributed by atoms with van der Waals surface area (Å²) in [4.78, 5) is 16.1. The van der Waals surface area contributed by atoms with Gasteiger partial charge in [0.05, 0.1) is 18.1 Å². The summed E-state index contributed by atoms with van der Waals surface area (Å²) >= 11 is 7.09. The minimum absolute atomic E-state index is 0.382. The van der Waals surface area contributed by atoms with E-state index in [1.807, 2.05) is 0 Å². The van der Waals surface area contributed by atoms with Gasteiger partial charge in [-0.1, -0.05) is 23.4 Å². The zero-order chi connectivity index (χ0) is 11.4. The second-order valence-electron chi connectivity index (χ2n) is 2.87. The Labute approximate surface area is 101 Å². The first kappa shape index (κ1) is 11.1. The van der Waals surface area contributed by atoms with Crippen LogP contribution in [0.5, 0.6) is 0 Å². The lowest BCUT2D eigenvalue weighted by atomic mass is 10.5. The van der Waals surface area contributed by atoms with Gasteiger partial charge in [-0.25, -0.2) is 15.0 Å². The molecule has 0 aliphatic rings. The normalized spacial score (nSPS) is 10.3. The molecular weight excluding hydrogens is 246 g/mol. The summed E-state index contributed by atoms with van der Waals surface area (Å²) in [7, 11) is 0. The number of rotatable bonds is 3. The fourth-order valence-corrected chi connectivity index (χ4v) is 1.87. The second-order valence-corrected chi connectivity index (χ2v) is 4.22. The van der Waals surface area contributed by atoms with E-state index in [4.69, 9.17) is 17.3 Å². The van der Waals surface area contributed by atoms with E-state index in [-0.39, 0.29) is 0 Å². The van der Waals surface area contributed by atoms with E-state index in [1.165, 1.54) is 18.0 Å².